The van der Waals surface area contributed by atoms with Crippen molar-refractivity contribution in [2.45, 2.75) is 20.8 Å². The summed E-state index contributed by atoms with van der Waals surface area (Å²) in [4.78, 5) is 26.5. The van der Waals surface area contributed by atoms with E-state index in [9.17, 15) is 27.8 Å². The molecule has 0 saturated carbocycles. The van der Waals surface area contributed by atoms with Crippen molar-refractivity contribution in [3.63, 3.8) is 0 Å². The summed E-state index contributed by atoms with van der Waals surface area (Å²) < 4.78 is 49.7. The lowest BCUT2D eigenvalue weighted by Gasteiger charge is -2.22. The zero-order valence-electron chi connectivity index (χ0n) is 26.9. The van der Waals surface area contributed by atoms with E-state index in [-0.39, 0.29) is 36.9 Å². The monoisotopic (exact) mass is 673 g/mol. The maximum absolute atomic E-state index is 13.6. The number of anilines is 1. The number of furan rings is 1. The summed E-state index contributed by atoms with van der Waals surface area (Å²) in [5.41, 5.74) is 2.35. The van der Waals surface area contributed by atoms with Crippen LogP contribution in [-0.2, 0) is 11.3 Å². The fourth-order valence-corrected chi connectivity index (χ4v) is 5.67. The molecule has 0 saturated heterocycles. The molecule has 4 N–H and O–H groups in total. The van der Waals surface area contributed by atoms with Crippen molar-refractivity contribution in [2.75, 3.05) is 31.0 Å². The van der Waals surface area contributed by atoms with Gasteiger partial charge in [0, 0.05) is 66.4 Å². The molecule has 48 heavy (non-hydrogen) atoms. The van der Waals surface area contributed by atoms with Gasteiger partial charge in [-0.1, -0.05) is 32.0 Å². The minimum Gasteiger partial charge on any atom is -0.457 e. The van der Waals surface area contributed by atoms with Crippen LogP contribution in [0.15, 0.2) is 89.3 Å². The molecule has 1 aromatic heterocycles. The second-order valence-electron chi connectivity index (χ2n) is 11.8. The largest absolute Gasteiger partial charge is 0.457 e. The van der Waals surface area contributed by atoms with Crippen molar-refractivity contribution in [1.82, 2.24) is 10.6 Å². The summed E-state index contributed by atoms with van der Waals surface area (Å²) in [7, 11) is 1.50. The number of hydrogen-bond donors (Lipinski definition) is 4. The number of nitrogens with zero attached hydrogens (tertiary/aromatic N) is 1. The van der Waals surface area contributed by atoms with Crippen LogP contribution in [0.1, 0.15) is 41.5 Å². The van der Waals surface area contributed by atoms with Crippen LogP contribution in [-0.4, -0.2) is 52.4 Å². The van der Waals surface area contributed by atoms with E-state index >= 15 is 0 Å². The van der Waals surface area contributed by atoms with E-state index in [4.69, 9.17) is 9.15 Å². The summed E-state index contributed by atoms with van der Waals surface area (Å²) in [6.45, 7) is 5.71. The van der Waals surface area contributed by atoms with Crippen molar-refractivity contribution in [2.24, 2.45) is 5.41 Å². The second-order valence-corrected chi connectivity index (χ2v) is 12.7. The molecule has 1 unspecified atom stereocenters. The standard InChI is InChI=1S/C36H36FN3O7S/c1-5-40(48(44)45)30-19-31-29(18-28(30)23-8-6-9-24(16-23)34(42)39-20-36(2,3)21-41)32(35(43)38-4)33(47-31)22-12-14-26(15-13-22)46-27-11-7-10-25(37)17-27/h6-19,41H,5,20-21H2,1-4H3,(H,38,43)(H,39,42)(H,44,45). The van der Waals surface area contributed by atoms with Gasteiger partial charge in [-0.3, -0.25) is 18.4 Å². The molecule has 0 aliphatic carbocycles. The summed E-state index contributed by atoms with van der Waals surface area (Å²) in [6.07, 6.45) is 0. The summed E-state index contributed by atoms with van der Waals surface area (Å²) in [5.74, 6) is -0.156. The number of benzene rings is 4. The van der Waals surface area contributed by atoms with E-state index < -0.39 is 28.4 Å². The third-order valence-corrected chi connectivity index (χ3v) is 8.58. The average Bonchev–Trinajstić information content (AvgIpc) is 3.45. The number of hydrogen-bond acceptors (Lipinski definition) is 6. The molecule has 0 radical (unpaired) electrons. The van der Waals surface area contributed by atoms with Gasteiger partial charge in [-0.15, -0.1) is 0 Å². The summed E-state index contributed by atoms with van der Waals surface area (Å²) in [5, 5.41) is 15.5. The van der Waals surface area contributed by atoms with E-state index in [1.807, 2.05) is 13.8 Å². The van der Waals surface area contributed by atoms with Crippen LogP contribution in [0.4, 0.5) is 10.1 Å². The third-order valence-electron chi connectivity index (χ3n) is 7.74. The van der Waals surface area contributed by atoms with Crippen molar-refractivity contribution in [3.8, 4) is 33.9 Å². The maximum atomic E-state index is 13.6. The summed E-state index contributed by atoms with van der Waals surface area (Å²) in [6, 6.07) is 22.6. The zero-order chi connectivity index (χ0) is 34.6. The lowest BCUT2D eigenvalue weighted by atomic mass is 9.94. The van der Waals surface area contributed by atoms with E-state index in [1.54, 1.807) is 79.7 Å². The Morgan fingerprint density at radius 1 is 0.958 bits per heavy atom. The first-order chi connectivity index (χ1) is 22.9. The number of ether oxygens (including phenoxy) is 1. The van der Waals surface area contributed by atoms with Crippen molar-refractivity contribution in [1.29, 1.82) is 0 Å². The number of carbonyl (C=O) groups excluding carboxylic acids is 2. The van der Waals surface area contributed by atoms with Crippen LogP contribution in [0.2, 0.25) is 0 Å². The van der Waals surface area contributed by atoms with Gasteiger partial charge in [0.05, 0.1) is 11.3 Å². The molecular weight excluding hydrogens is 637 g/mol. The topological polar surface area (TPSA) is 141 Å². The molecule has 10 nitrogen and oxygen atoms in total. The predicted octanol–water partition coefficient (Wildman–Crippen LogP) is 6.77. The number of nitrogens with one attached hydrogen (secondary N) is 2. The van der Waals surface area contributed by atoms with Gasteiger partial charge < -0.3 is 24.9 Å². The molecule has 2 amide bonds. The van der Waals surface area contributed by atoms with Crippen LogP contribution in [0, 0.1) is 11.2 Å². The second kappa shape index (κ2) is 14.4. The molecule has 1 atom stereocenters. The first kappa shape index (κ1) is 34.3. The summed E-state index contributed by atoms with van der Waals surface area (Å²) >= 11 is -2.40. The molecule has 0 fully saturated rings. The van der Waals surface area contributed by atoms with Crippen LogP contribution in [0.25, 0.3) is 33.4 Å². The molecule has 0 aliphatic heterocycles. The quantitative estimate of drug-likeness (QED) is 0.107. The molecule has 0 spiro atoms. The Hall–Kier alpha value is -5.04. The van der Waals surface area contributed by atoms with Gasteiger partial charge in [0.25, 0.3) is 23.1 Å². The number of aliphatic hydroxyl groups is 1. The molecule has 4 aromatic carbocycles. The van der Waals surface area contributed by atoms with Gasteiger partial charge in [-0.2, -0.15) is 0 Å². The Kier molecular flexibility index (Phi) is 10.3. The number of carbonyl (C=O) groups is 2. The van der Waals surface area contributed by atoms with Gasteiger partial charge in [0.15, 0.2) is 0 Å². The Morgan fingerprint density at radius 3 is 2.33 bits per heavy atom. The average molecular weight is 674 g/mol. The molecule has 0 bridgehead atoms. The van der Waals surface area contributed by atoms with Crippen LogP contribution in [0.5, 0.6) is 11.5 Å². The Labute approximate surface area is 279 Å². The van der Waals surface area contributed by atoms with Crippen LogP contribution in [0.3, 0.4) is 0 Å². The molecule has 0 aliphatic rings. The van der Waals surface area contributed by atoms with Gasteiger partial charge in [0.2, 0.25) is 0 Å². The van der Waals surface area contributed by atoms with E-state index in [2.05, 4.69) is 10.6 Å². The molecule has 1 heterocycles. The van der Waals surface area contributed by atoms with Gasteiger partial charge in [0.1, 0.15) is 28.7 Å². The van der Waals surface area contributed by atoms with E-state index in [0.717, 1.165) is 0 Å². The smallest absolute Gasteiger partial charge is 0.261 e. The Morgan fingerprint density at radius 2 is 1.69 bits per heavy atom. The Bertz CT molecular complexity index is 1990. The highest BCUT2D eigenvalue weighted by Crippen LogP contribution is 2.42. The minimum atomic E-state index is -2.40. The highest BCUT2D eigenvalue weighted by atomic mass is 32.2. The molecule has 5 rings (SSSR count). The number of rotatable bonds is 12. The SMILES string of the molecule is CCN(c1cc2oc(-c3ccc(Oc4cccc(F)c4)cc3)c(C(=O)NC)c2cc1-c1cccc(C(=O)NCC(C)(C)CO)c1)S(=O)O. The molecule has 5 aromatic rings. The van der Waals surface area contributed by atoms with Crippen molar-refractivity contribution in [3.05, 3.63) is 102 Å². The molecule has 250 valence electrons. The maximum Gasteiger partial charge on any atom is 0.261 e. The van der Waals surface area contributed by atoms with Gasteiger partial charge in [-0.25, -0.2) is 8.60 Å². The Balaban J connectivity index is 1.62. The predicted molar refractivity (Wildman–Crippen MR) is 184 cm³/mol. The van der Waals surface area contributed by atoms with E-state index in [1.165, 1.54) is 23.5 Å². The van der Waals surface area contributed by atoms with Crippen molar-refractivity contribution < 1.29 is 37.0 Å². The van der Waals surface area contributed by atoms with Gasteiger partial charge in [-0.05, 0) is 67.1 Å². The minimum absolute atomic E-state index is 0.102. The molecular formula is C36H36FN3O7S. The fraction of sp³-hybridized carbons (Fsp3) is 0.222. The normalized spacial score (nSPS) is 12.1. The number of amides is 2. The lowest BCUT2D eigenvalue weighted by Crippen LogP contribution is -2.36. The highest BCUT2D eigenvalue weighted by Gasteiger charge is 2.26. The lowest BCUT2D eigenvalue weighted by molar-refractivity contribution is 0.0910. The number of halogens is 1. The van der Waals surface area contributed by atoms with Gasteiger partial charge >= 0.3 is 0 Å². The zero-order valence-corrected chi connectivity index (χ0v) is 27.7. The first-order valence-corrected chi connectivity index (χ1v) is 16.3. The highest BCUT2D eigenvalue weighted by molar-refractivity contribution is 7.80. The number of fused-ring (bicyclic) bond motifs is 1. The molecule has 12 heteroatoms. The van der Waals surface area contributed by atoms with Crippen LogP contribution >= 0.6 is 0 Å². The van der Waals surface area contributed by atoms with Crippen LogP contribution < -0.4 is 19.7 Å². The third kappa shape index (κ3) is 7.41. The van der Waals surface area contributed by atoms with Crippen molar-refractivity contribution >= 4 is 39.7 Å². The fourth-order valence-electron chi connectivity index (χ4n) is 5.13. The first-order valence-electron chi connectivity index (χ1n) is 15.2. The number of aliphatic hydroxyl groups excluding tert-OH is 1. The van der Waals surface area contributed by atoms with E-state index in [0.29, 0.717) is 50.4 Å².